The third-order valence-electron chi connectivity index (χ3n) is 2.91. The highest BCUT2D eigenvalue weighted by atomic mass is 16.4. The van der Waals surface area contributed by atoms with E-state index in [0.717, 1.165) is 18.5 Å². The number of aromatic nitrogens is 2. The summed E-state index contributed by atoms with van der Waals surface area (Å²) in [4.78, 5) is 12.9. The van der Waals surface area contributed by atoms with E-state index in [9.17, 15) is 4.79 Å². The fraction of sp³-hybridized carbons (Fsp3) is 0.286. The van der Waals surface area contributed by atoms with Crippen LogP contribution in [-0.2, 0) is 6.42 Å². The second-order valence-corrected chi connectivity index (χ2v) is 4.72. The summed E-state index contributed by atoms with van der Waals surface area (Å²) in [6.07, 6.45) is 0.994. The van der Waals surface area contributed by atoms with Gasteiger partial charge in [0.05, 0.1) is 5.69 Å². The van der Waals surface area contributed by atoms with Crippen LogP contribution in [0.15, 0.2) is 30.3 Å². The maximum atomic E-state index is 10.8. The van der Waals surface area contributed by atoms with Crippen molar-refractivity contribution in [3.8, 4) is 11.3 Å². The van der Waals surface area contributed by atoms with Gasteiger partial charge < -0.3 is 10.0 Å². The van der Waals surface area contributed by atoms with Crippen LogP contribution in [0.5, 0.6) is 0 Å². The van der Waals surface area contributed by atoms with Crippen LogP contribution in [0.1, 0.15) is 16.1 Å². The highest BCUT2D eigenvalue weighted by molar-refractivity contribution is 5.86. The first-order chi connectivity index (χ1) is 9.06. The number of carboxylic acids is 1. The van der Waals surface area contributed by atoms with Gasteiger partial charge in [0.2, 0.25) is 0 Å². The van der Waals surface area contributed by atoms with Crippen molar-refractivity contribution in [2.75, 3.05) is 20.6 Å². The van der Waals surface area contributed by atoms with E-state index in [1.165, 1.54) is 11.6 Å². The number of carboxylic acid groups (broad SMARTS) is 1. The molecule has 0 spiro atoms. The monoisotopic (exact) mass is 259 g/mol. The van der Waals surface area contributed by atoms with Crippen molar-refractivity contribution in [1.82, 2.24) is 15.1 Å². The SMILES string of the molecule is CN(C)CCc1ccc(-c2cc(C(=O)O)[nH]n2)cc1. The van der Waals surface area contributed by atoms with E-state index < -0.39 is 5.97 Å². The second kappa shape index (κ2) is 5.67. The predicted molar refractivity (Wildman–Crippen MR) is 73.2 cm³/mol. The molecule has 1 heterocycles. The van der Waals surface area contributed by atoms with Gasteiger partial charge in [-0.3, -0.25) is 5.10 Å². The number of nitrogens with one attached hydrogen (secondary N) is 1. The molecule has 0 aliphatic heterocycles. The number of likely N-dealkylation sites (N-methyl/N-ethyl adjacent to an activating group) is 1. The molecule has 0 atom stereocenters. The summed E-state index contributed by atoms with van der Waals surface area (Å²) >= 11 is 0. The summed E-state index contributed by atoms with van der Waals surface area (Å²) in [5, 5.41) is 15.3. The predicted octanol–water partition coefficient (Wildman–Crippen LogP) is 1.88. The normalized spacial score (nSPS) is 10.9. The van der Waals surface area contributed by atoms with Crippen LogP contribution in [-0.4, -0.2) is 46.8 Å². The van der Waals surface area contributed by atoms with Crippen molar-refractivity contribution in [3.63, 3.8) is 0 Å². The minimum absolute atomic E-state index is 0.103. The summed E-state index contributed by atoms with van der Waals surface area (Å²) in [7, 11) is 4.09. The van der Waals surface area contributed by atoms with Crippen LogP contribution < -0.4 is 0 Å². The molecule has 100 valence electrons. The lowest BCUT2D eigenvalue weighted by atomic mass is 10.1. The van der Waals surface area contributed by atoms with Gasteiger partial charge in [0.1, 0.15) is 5.69 Å². The molecule has 0 aliphatic carbocycles. The van der Waals surface area contributed by atoms with Crippen molar-refractivity contribution in [3.05, 3.63) is 41.6 Å². The Morgan fingerprint density at radius 3 is 2.53 bits per heavy atom. The minimum atomic E-state index is -0.999. The first-order valence-electron chi connectivity index (χ1n) is 6.09. The van der Waals surface area contributed by atoms with Crippen LogP contribution in [0.4, 0.5) is 0 Å². The summed E-state index contributed by atoms with van der Waals surface area (Å²) in [6.45, 7) is 1.00. The van der Waals surface area contributed by atoms with Crippen molar-refractivity contribution in [1.29, 1.82) is 0 Å². The van der Waals surface area contributed by atoms with Gasteiger partial charge in [-0.2, -0.15) is 5.10 Å². The number of benzene rings is 1. The van der Waals surface area contributed by atoms with Crippen LogP contribution >= 0.6 is 0 Å². The lowest BCUT2D eigenvalue weighted by Crippen LogP contribution is -2.14. The van der Waals surface area contributed by atoms with E-state index in [2.05, 4.69) is 15.1 Å². The van der Waals surface area contributed by atoms with E-state index in [0.29, 0.717) is 5.69 Å². The third kappa shape index (κ3) is 3.42. The van der Waals surface area contributed by atoms with Gasteiger partial charge in [0, 0.05) is 12.1 Å². The molecular formula is C14H17N3O2. The van der Waals surface area contributed by atoms with Gasteiger partial charge in [-0.25, -0.2) is 4.79 Å². The van der Waals surface area contributed by atoms with E-state index in [-0.39, 0.29) is 5.69 Å². The van der Waals surface area contributed by atoms with Crippen molar-refractivity contribution in [2.45, 2.75) is 6.42 Å². The number of rotatable bonds is 5. The first kappa shape index (κ1) is 13.3. The van der Waals surface area contributed by atoms with E-state index in [1.54, 1.807) is 0 Å². The van der Waals surface area contributed by atoms with Gasteiger partial charge in [0.25, 0.3) is 0 Å². The Morgan fingerprint density at radius 1 is 1.32 bits per heavy atom. The topological polar surface area (TPSA) is 69.2 Å². The first-order valence-corrected chi connectivity index (χ1v) is 6.09. The maximum Gasteiger partial charge on any atom is 0.353 e. The van der Waals surface area contributed by atoms with Crippen LogP contribution in [0.3, 0.4) is 0 Å². The summed E-state index contributed by atoms with van der Waals surface area (Å²) in [5.41, 5.74) is 2.92. The average Bonchev–Trinajstić information content (AvgIpc) is 2.86. The van der Waals surface area contributed by atoms with Crippen LogP contribution in [0.25, 0.3) is 11.3 Å². The average molecular weight is 259 g/mol. The molecule has 0 saturated heterocycles. The Balaban J connectivity index is 2.10. The Labute approximate surface area is 111 Å². The molecule has 2 aromatic rings. The van der Waals surface area contributed by atoms with Crippen molar-refractivity contribution >= 4 is 5.97 Å². The lowest BCUT2D eigenvalue weighted by Gasteiger charge is -2.09. The van der Waals surface area contributed by atoms with Crippen molar-refractivity contribution < 1.29 is 9.90 Å². The molecule has 0 unspecified atom stereocenters. The zero-order chi connectivity index (χ0) is 13.8. The molecule has 0 amide bonds. The second-order valence-electron chi connectivity index (χ2n) is 4.72. The number of hydrogen-bond donors (Lipinski definition) is 2. The smallest absolute Gasteiger partial charge is 0.353 e. The number of H-pyrrole nitrogens is 1. The molecule has 0 bridgehead atoms. The number of aromatic amines is 1. The fourth-order valence-electron chi connectivity index (χ4n) is 1.77. The Bertz CT molecular complexity index is 558. The Kier molecular flexibility index (Phi) is 3.97. The van der Waals surface area contributed by atoms with Gasteiger partial charge in [-0.1, -0.05) is 24.3 Å². The van der Waals surface area contributed by atoms with Gasteiger partial charge in [0.15, 0.2) is 0 Å². The molecule has 0 saturated carbocycles. The van der Waals surface area contributed by atoms with Crippen LogP contribution in [0.2, 0.25) is 0 Å². The molecule has 1 aromatic carbocycles. The lowest BCUT2D eigenvalue weighted by molar-refractivity contribution is 0.0690. The van der Waals surface area contributed by atoms with E-state index in [1.807, 2.05) is 38.4 Å². The number of nitrogens with zero attached hydrogens (tertiary/aromatic N) is 2. The minimum Gasteiger partial charge on any atom is -0.477 e. The highest BCUT2D eigenvalue weighted by Gasteiger charge is 2.08. The summed E-state index contributed by atoms with van der Waals surface area (Å²) < 4.78 is 0. The quantitative estimate of drug-likeness (QED) is 0.860. The maximum absolute atomic E-state index is 10.8. The van der Waals surface area contributed by atoms with Gasteiger partial charge >= 0.3 is 5.97 Å². The van der Waals surface area contributed by atoms with Crippen LogP contribution in [0, 0.1) is 0 Å². The number of aromatic carboxylic acids is 1. The van der Waals surface area contributed by atoms with Gasteiger partial charge in [-0.05, 0) is 32.1 Å². The standard InChI is InChI=1S/C14H17N3O2/c1-17(2)8-7-10-3-5-11(6-4-10)12-9-13(14(18)19)16-15-12/h3-6,9H,7-8H2,1-2H3,(H,15,16)(H,18,19). The van der Waals surface area contributed by atoms with E-state index in [4.69, 9.17) is 5.11 Å². The zero-order valence-electron chi connectivity index (χ0n) is 11.1. The molecule has 5 nitrogen and oxygen atoms in total. The largest absolute Gasteiger partial charge is 0.477 e. The molecule has 0 aliphatic rings. The third-order valence-corrected chi connectivity index (χ3v) is 2.91. The van der Waals surface area contributed by atoms with Gasteiger partial charge in [-0.15, -0.1) is 0 Å². The fourth-order valence-corrected chi connectivity index (χ4v) is 1.77. The highest BCUT2D eigenvalue weighted by Crippen LogP contribution is 2.18. The molecule has 2 rings (SSSR count). The molecule has 2 N–H and O–H groups in total. The molecule has 5 heteroatoms. The number of carbonyl (C=O) groups is 1. The molecule has 0 fully saturated rings. The summed E-state index contributed by atoms with van der Waals surface area (Å²) in [6, 6.07) is 9.57. The summed E-state index contributed by atoms with van der Waals surface area (Å²) in [5.74, 6) is -0.999. The molecule has 19 heavy (non-hydrogen) atoms. The number of hydrogen-bond acceptors (Lipinski definition) is 3. The Hall–Kier alpha value is -2.14. The molecule has 0 radical (unpaired) electrons. The molecule has 1 aromatic heterocycles. The van der Waals surface area contributed by atoms with Crippen molar-refractivity contribution in [2.24, 2.45) is 0 Å². The molecular weight excluding hydrogens is 242 g/mol. The zero-order valence-corrected chi connectivity index (χ0v) is 11.1. The van der Waals surface area contributed by atoms with E-state index >= 15 is 0 Å². The Morgan fingerprint density at radius 2 is 2.00 bits per heavy atom.